The monoisotopic (exact) mass is 310 g/mol. The smallest absolute Gasteiger partial charge is 0.274 e. The minimum absolute atomic E-state index is 0.317. The van der Waals surface area contributed by atoms with Crippen molar-refractivity contribution in [1.29, 1.82) is 0 Å². The van der Waals surface area contributed by atoms with Gasteiger partial charge in [0.25, 0.3) is 5.91 Å². The number of morpholine rings is 1. The molecule has 0 unspecified atom stereocenters. The molecule has 0 atom stereocenters. The van der Waals surface area contributed by atoms with Crippen molar-refractivity contribution in [2.75, 3.05) is 53.7 Å². The van der Waals surface area contributed by atoms with Gasteiger partial charge in [-0.15, -0.1) is 0 Å². The van der Waals surface area contributed by atoms with Gasteiger partial charge < -0.3 is 14.2 Å². The third-order valence-electron chi connectivity index (χ3n) is 3.42. The van der Waals surface area contributed by atoms with Gasteiger partial charge in [-0.1, -0.05) is 0 Å². The molecule has 1 aromatic rings. The summed E-state index contributed by atoms with van der Waals surface area (Å²) in [6.07, 6.45) is 0. The molecule has 0 aromatic heterocycles. The van der Waals surface area contributed by atoms with Gasteiger partial charge in [-0.25, -0.2) is 5.48 Å². The molecule has 1 saturated heterocycles. The summed E-state index contributed by atoms with van der Waals surface area (Å²) >= 11 is 0. The van der Waals surface area contributed by atoms with E-state index in [1.165, 1.54) is 7.11 Å². The van der Waals surface area contributed by atoms with Crippen LogP contribution in [0.5, 0.6) is 11.5 Å². The van der Waals surface area contributed by atoms with Crippen molar-refractivity contribution in [3.63, 3.8) is 0 Å². The third kappa shape index (κ3) is 4.59. The Hall–Kier alpha value is -1.83. The fourth-order valence-corrected chi connectivity index (χ4v) is 2.15. The number of nitrogens with one attached hydrogen (secondary N) is 1. The normalized spacial score (nSPS) is 15.4. The number of amides is 1. The lowest BCUT2D eigenvalue weighted by Crippen LogP contribution is -2.39. The number of hydrogen-bond acceptors (Lipinski definition) is 6. The van der Waals surface area contributed by atoms with Gasteiger partial charge in [-0.05, 0) is 18.2 Å². The quantitative estimate of drug-likeness (QED) is 0.590. The molecule has 1 N–H and O–H groups in total. The Labute approximate surface area is 130 Å². The van der Waals surface area contributed by atoms with Crippen LogP contribution in [0.3, 0.4) is 0 Å². The standard InChI is InChI=1S/C15H22N2O5/c1-19-13-4-3-12(11-14(13)20-2)15(18)16-22-10-7-17-5-8-21-9-6-17/h3-4,11H,5-10H2,1-2H3,(H,16,18). The van der Waals surface area contributed by atoms with E-state index in [0.29, 0.717) is 23.7 Å². The van der Waals surface area contributed by atoms with E-state index < -0.39 is 0 Å². The number of hydroxylamine groups is 1. The zero-order valence-corrected chi connectivity index (χ0v) is 13.0. The third-order valence-corrected chi connectivity index (χ3v) is 3.42. The van der Waals surface area contributed by atoms with Crippen LogP contribution in [0.2, 0.25) is 0 Å². The summed E-state index contributed by atoms with van der Waals surface area (Å²) in [6.45, 7) is 4.48. The zero-order chi connectivity index (χ0) is 15.8. The minimum Gasteiger partial charge on any atom is -0.493 e. The minimum atomic E-state index is -0.317. The summed E-state index contributed by atoms with van der Waals surface area (Å²) in [5, 5.41) is 0. The lowest BCUT2D eigenvalue weighted by Gasteiger charge is -2.26. The second-order valence-corrected chi connectivity index (χ2v) is 4.80. The van der Waals surface area contributed by atoms with E-state index in [1.54, 1.807) is 25.3 Å². The van der Waals surface area contributed by atoms with Gasteiger partial charge in [0.05, 0.1) is 34.0 Å². The largest absolute Gasteiger partial charge is 0.493 e. The molecule has 1 amide bonds. The highest BCUT2D eigenvalue weighted by molar-refractivity contribution is 5.94. The first-order valence-electron chi connectivity index (χ1n) is 7.19. The topological polar surface area (TPSA) is 69.3 Å². The van der Waals surface area contributed by atoms with Crippen molar-refractivity contribution >= 4 is 5.91 Å². The fourth-order valence-electron chi connectivity index (χ4n) is 2.15. The predicted octanol–water partition coefficient (Wildman–Crippen LogP) is 0.697. The van der Waals surface area contributed by atoms with E-state index in [0.717, 1.165) is 32.8 Å². The van der Waals surface area contributed by atoms with E-state index in [-0.39, 0.29) is 5.91 Å². The highest BCUT2D eigenvalue weighted by atomic mass is 16.7. The van der Waals surface area contributed by atoms with Gasteiger partial charge in [0.15, 0.2) is 11.5 Å². The number of benzene rings is 1. The number of nitrogens with zero attached hydrogens (tertiary/aromatic N) is 1. The number of methoxy groups -OCH3 is 2. The second kappa shape index (κ2) is 8.57. The molecule has 7 nitrogen and oxygen atoms in total. The predicted molar refractivity (Wildman–Crippen MR) is 80.2 cm³/mol. The molecule has 2 rings (SSSR count). The first-order chi connectivity index (χ1) is 10.7. The highest BCUT2D eigenvalue weighted by Crippen LogP contribution is 2.27. The molecule has 0 aliphatic carbocycles. The van der Waals surface area contributed by atoms with Crippen molar-refractivity contribution in [2.24, 2.45) is 0 Å². The van der Waals surface area contributed by atoms with Crippen LogP contribution in [0.25, 0.3) is 0 Å². The maximum absolute atomic E-state index is 12.0. The van der Waals surface area contributed by atoms with Crippen molar-refractivity contribution in [3.05, 3.63) is 23.8 Å². The van der Waals surface area contributed by atoms with Crippen LogP contribution in [0.1, 0.15) is 10.4 Å². The summed E-state index contributed by atoms with van der Waals surface area (Å²) in [5.41, 5.74) is 2.88. The van der Waals surface area contributed by atoms with E-state index in [9.17, 15) is 4.79 Å². The Morgan fingerprint density at radius 3 is 2.64 bits per heavy atom. The molecule has 0 radical (unpaired) electrons. The first-order valence-corrected chi connectivity index (χ1v) is 7.19. The average Bonchev–Trinajstić information content (AvgIpc) is 2.58. The van der Waals surface area contributed by atoms with Gasteiger partial charge >= 0.3 is 0 Å². The lowest BCUT2D eigenvalue weighted by molar-refractivity contribution is -0.00177. The van der Waals surface area contributed by atoms with Gasteiger partial charge in [0.1, 0.15) is 0 Å². The van der Waals surface area contributed by atoms with Crippen molar-refractivity contribution in [1.82, 2.24) is 10.4 Å². The molecule has 1 aliphatic rings. The van der Waals surface area contributed by atoms with Crippen LogP contribution < -0.4 is 15.0 Å². The Morgan fingerprint density at radius 2 is 1.95 bits per heavy atom. The molecule has 0 saturated carbocycles. The number of carbonyl (C=O) groups excluding carboxylic acids is 1. The number of carbonyl (C=O) groups is 1. The summed E-state index contributed by atoms with van der Waals surface area (Å²) < 4.78 is 15.6. The highest BCUT2D eigenvalue weighted by Gasteiger charge is 2.12. The Morgan fingerprint density at radius 1 is 1.23 bits per heavy atom. The fraction of sp³-hybridized carbons (Fsp3) is 0.533. The zero-order valence-electron chi connectivity index (χ0n) is 13.0. The summed E-state index contributed by atoms with van der Waals surface area (Å²) in [7, 11) is 3.07. The van der Waals surface area contributed by atoms with Crippen LogP contribution in [0.15, 0.2) is 18.2 Å². The van der Waals surface area contributed by atoms with E-state index in [4.69, 9.17) is 19.0 Å². The maximum Gasteiger partial charge on any atom is 0.274 e. The van der Waals surface area contributed by atoms with E-state index in [1.807, 2.05) is 0 Å². The van der Waals surface area contributed by atoms with Crippen LogP contribution in [0.4, 0.5) is 0 Å². The first kappa shape index (κ1) is 16.5. The number of hydrogen-bond donors (Lipinski definition) is 1. The Balaban J connectivity index is 1.77. The molecule has 1 fully saturated rings. The van der Waals surface area contributed by atoms with Gasteiger partial charge in [0.2, 0.25) is 0 Å². The SMILES string of the molecule is COc1ccc(C(=O)NOCCN2CCOCC2)cc1OC. The molecule has 0 bridgehead atoms. The van der Waals surface area contributed by atoms with Crippen LogP contribution >= 0.6 is 0 Å². The van der Waals surface area contributed by atoms with E-state index >= 15 is 0 Å². The maximum atomic E-state index is 12.0. The Bertz CT molecular complexity index is 489. The molecule has 1 heterocycles. The molecular formula is C15H22N2O5. The molecule has 22 heavy (non-hydrogen) atoms. The van der Waals surface area contributed by atoms with Gasteiger partial charge in [-0.3, -0.25) is 14.5 Å². The number of rotatable bonds is 7. The van der Waals surface area contributed by atoms with Gasteiger partial charge in [-0.2, -0.15) is 0 Å². The molecule has 122 valence electrons. The van der Waals surface area contributed by atoms with Crippen molar-refractivity contribution < 1.29 is 23.8 Å². The van der Waals surface area contributed by atoms with Crippen molar-refractivity contribution in [3.8, 4) is 11.5 Å². The van der Waals surface area contributed by atoms with Crippen LogP contribution in [0, 0.1) is 0 Å². The van der Waals surface area contributed by atoms with E-state index in [2.05, 4.69) is 10.4 Å². The summed E-state index contributed by atoms with van der Waals surface area (Å²) in [6, 6.07) is 4.95. The van der Waals surface area contributed by atoms with Crippen LogP contribution in [-0.4, -0.2) is 64.5 Å². The number of ether oxygens (including phenoxy) is 3. The molecule has 7 heteroatoms. The summed E-state index contributed by atoms with van der Waals surface area (Å²) in [5.74, 6) is 0.763. The molecule has 0 spiro atoms. The molecular weight excluding hydrogens is 288 g/mol. The van der Waals surface area contributed by atoms with Crippen LogP contribution in [-0.2, 0) is 9.57 Å². The molecule has 1 aromatic carbocycles. The molecule has 1 aliphatic heterocycles. The second-order valence-electron chi connectivity index (χ2n) is 4.80. The van der Waals surface area contributed by atoms with Gasteiger partial charge in [0, 0.05) is 25.2 Å². The average molecular weight is 310 g/mol. The lowest BCUT2D eigenvalue weighted by atomic mass is 10.2. The van der Waals surface area contributed by atoms with Crippen molar-refractivity contribution in [2.45, 2.75) is 0 Å². The summed E-state index contributed by atoms with van der Waals surface area (Å²) in [4.78, 5) is 19.5. The Kier molecular flexibility index (Phi) is 6.45.